The molecule has 1 aliphatic heterocycles. The monoisotopic (exact) mass is 684 g/mol. The molecule has 10 nitrogen and oxygen atoms in total. The molecule has 1 aromatic rings. The number of allylic oxidation sites excluding steroid dienone is 1. The fraction of sp³-hybridized carbons (Fsp3) is 0.629. The van der Waals surface area contributed by atoms with Crippen molar-refractivity contribution < 1.29 is 46.0 Å². The molecule has 0 radical (unpaired) electrons. The number of esters is 2. The summed E-state index contributed by atoms with van der Waals surface area (Å²) < 4.78 is 12.1. The molecular weight excluding hydrogens is 636 g/mol. The molecule has 3 aliphatic rings. The Labute approximate surface area is 283 Å². The number of carbonyl (C=O) groups excluding carboxylic acids is 3. The van der Waals surface area contributed by atoms with Crippen molar-refractivity contribution in [1.82, 2.24) is 4.98 Å². The van der Waals surface area contributed by atoms with Gasteiger partial charge in [0.2, 0.25) is 0 Å². The third kappa shape index (κ3) is 8.21. The van der Waals surface area contributed by atoms with Crippen LogP contribution in [0, 0.1) is 42.4 Å². The summed E-state index contributed by atoms with van der Waals surface area (Å²) in [5.74, 6) is 0.416. The molecule has 2 saturated carbocycles. The van der Waals surface area contributed by atoms with Crippen molar-refractivity contribution in [1.29, 1.82) is 0 Å². The van der Waals surface area contributed by atoms with E-state index in [0.717, 1.165) is 25.7 Å². The van der Waals surface area contributed by atoms with Gasteiger partial charge >= 0.3 is 29.0 Å². The molecule has 4 rings (SSSR count). The van der Waals surface area contributed by atoms with E-state index < -0.39 is 11.9 Å². The number of amides is 1. The zero-order valence-electron chi connectivity index (χ0n) is 28.7. The largest absolute Gasteiger partial charge is 1.00 e. The van der Waals surface area contributed by atoms with Crippen molar-refractivity contribution in [3.05, 3.63) is 33.7 Å². The predicted molar refractivity (Wildman–Crippen MR) is 175 cm³/mol. The molecule has 0 spiro atoms. The first-order valence-electron chi connectivity index (χ1n) is 16.2. The van der Waals surface area contributed by atoms with Gasteiger partial charge in [-0.3, -0.25) is 4.79 Å². The molecule has 0 bridgehead atoms. The number of ether oxygens (including phenoxy) is 2. The van der Waals surface area contributed by atoms with Crippen LogP contribution in [0.4, 0.5) is 5.82 Å². The van der Waals surface area contributed by atoms with Crippen LogP contribution in [-0.2, 0) is 36.1 Å². The number of carbonyl (C=O) groups is 3. The van der Waals surface area contributed by atoms with Crippen LogP contribution >= 0.6 is 0 Å². The minimum Gasteiger partial charge on any atom is -0.497 e. The number of aliphatic hydroxyl groups is 1. The van der Waals surface area contributed by atoms with Crippen LogP contribution in [0.5, 0.6) is 0 Å². The fourth-order valence-corrected chi connectivity index (χ4v) is 7.73. The molecule has 4 atom stereocenters. The maximum atomic E-state index is 13.6. The topological polar surface area (TPSA) is 141 Å². The van der Waals surface area contributed by atoms with Crippen LogP contribution in [0.1, 0.15) is 110 Å². The first-order chi connectivity index (χ1) is 21.1. The molecule has 46 heavy (non-hydrogen) atoms. The first-order valence-corrected chi connectivity index (χ1v) is 16.2. The van der Waals surface area contributed by atoms with Gasteiger partial charge in [-0.05, 0) is 111 Å². The van der Waals surface area contributed by atoms with Crippen molar-refractivity contribution in [2.24, 2.45) is 45.5 Å². The van der Waals surface area contributed by atoms with Crippen LogP contribution in [0.2, 0.25) is 0 Å². The normalized spacial score (nSPS) is 30.9. The molecule has 2 fully saturated rings. The Morgan fingerprint density at radius 2 is 1.35 bits per heavy atom. The Hall–Kier alpha value is -3.17. The summed E-state index contributed by atoms with van der Waals surface area (Å²) in [6.45, 7) is 19.1. The Morgan fingerprint density at radius 3 is 1.80 bits per heavy atom. The van der Waals surface area contributed by atoms with Crippen LogP contribution in [0.15, 0.2) is 26.8 Å². The molecule has 256 valence electrons. The third-order valence-electron chi connectivity index (χ3n) is 9.51. The van der Waals surface area contributed by atoms with Gasteiger partial charge in [0.15, 0.2) is 11.7 Å². The number of rotatable bonds is 6. The second-order valence-corrected chi connectivity index (χ2v) is 14.0. The van der Waals surface area contributed by atoms with Crippen molar-refractivity contribution in [2.45, 2.75) is 107 Å². The molecule has 1 amide bonds. The fourth-order valence-electron chi connectivity index (χ4n) is 7.73. The van der Waals surface area contributed by atoms with Gasteiger partial charge in [0, 0.05) is 6.92 Å². The van der Waals surface area contributed by atoms with Crippen molar-refractivity contribution in [3.63, 3.8) is 0 Å². The van der Waals surface area contributed by atoms with Crippen molar-refractivity contribution in [2.75, 3.05) is 5.32 Å². The quantitative estimate of drug-likeness (QED) is 0.145. The second-order valence-electron chi connectivity index (χ2n) is 14.0. The molecule has 2 aliphatic carbocycles. The summed E-state index contributed by atoms with van der Waals surface area (Å²) in [5.41, 5.74) is 2.17. The molecule has 1 aromatic heterocycles. The summed E-state index contributed by atoms with van der Waals surface area (Å²) in [5, 5.41) is 12.7. The van der Waals surface area contributed by atoms with Gasteiger partial charge in [-0.1, -0.05) is 41.5 Å². The van der Waals surface area contributed by atoms with E-state index in [9.17, 15) is 19.5 Å². The Bertz CT molecular complexity index is 1450. The van der Waals surface area contributed by atoms with E-state index >= 15 is 0 Å². The van der Waals surface area contributed by atoms with E-state index in [4.69, 9.17) is 9.47 Å². The van der Waals surface area contributed by atoms with Gasteiger partial charge < -0.3 is 24.9 Å². The van der Waals surface area contributed by atoms with E-state index in [1.807, 2.05) is 0 Å². The van der Waals surface area contributed by atoms with Crippen molar-refractivity contribution >= 4 is 41.5 Å². The SMILES string of the molecule is CC(=O)Nc1[n-]c(/C=C2\N=C(N=C(C)O)C(C(=O)OC3C(C)CC(C)CC3C)=C2C)c(C)c1C(=O)OC1C(C)CC(C)CC1C.[Cu+]. The Morgan fingerprint density at radius 1 is 0.870 bits per heavy atom. The first kappa shape index (κ1) is 37.3. The number of aliphatic imine (C=N–C) groups is 2. The zero-order chi connectivity index (χ0) is 33.3. The van der Waals surface area contributed by atoms with E-state index in [1.54, 1.807) is 19.9 Å². The van der Waals surface area contributed by atoms with E-state index in [-0.39, 0.29) is 87.5 Å². The number of aliphatic hydroxyl groups excluding tert-OH is 1. The predicted octanol–water partition coefficient (Wildman–Crippen LogP) is 6.80. The van der Waals surface area contributed by atoms with Gasteiger partial charge in [-0.25, -0.2) is 14.6 Å². The smallest absolute Gasteiger partial charge is 0.497 e. The minimum absolute atomic E-state index is 0. The summed E-state index contributed by atoms with van der Waals surface area (Å²) in [4.78, 5) is 52.6. The maximum absolute atomic E-state index is 13.6. The number of hydrogen-bond acceptors (Lipinski definition) is 7. The average Bonchev–Trinajstić information content (AvgIpc) is 3.37. The van der Waals surface area contributed by atoms with E-state index in [2.05, 4.69) is 61.8 Å². The number of anilines is 1. The number of nitrogens with zero attached hydrogens (tertiary/aromatic N) is 3. The summed E-state index contributed by atoms with van der Waals surface area (Å²) >= 11 is 0. The number of aromatic nitrogens is 1. The summed E-state index contributed by atoms with van der Waals surface area (Å²) in [6, 6.07) is 0. The Kier molecular flexibility index (Phi) is 12.3. The Balaban J connectivity index is 0.00000576. The number of hydrogen-bond donors (Lipinski definition) is 2. The summed E-state index contributed by atoms with van der Waals surface area (Å²) in [7, 11) is 0. The molecule has 0 aromatic carbocycles. The maximum Gasteiger partial charge on any atom is 1.00 e. The number of nitrogens with one attached hydrogen (secondary N) is 1. The minimum atomic E-state index is -0.543. The van der Waals surface area contributed by atoms with Gasteiger partial charge in [-0.2, -0.15) is 4.99 Å². The van der Waals surface area contributed by atoms with Gasteiger partial charge in [0.1, 0.15) is 23.7 Å². The molecular formula is C35H49CuN4O6. The van der Waals surface area contributed by atoms with Crippen LogP contribution in [-0.4, -0.2) is 46.9 Å². The molecule has 2 heterocycles. The number of amidine groups is 1. The van der Waals surface area contributed by atoms with Crippen LogP contribution < -0.4 is 10.3 Å². The zero-order valence-corrected chi connectivity index (χ0v) is 29.6. The summed E-state index contributed by atoms with van der Waals surface area (Å²) in [6.07, 6.45) is 5.06. The standard InChI is InChI=1S/C35H50N4O6.Cu/c1-16-11-18(3)30(19(4)12-16)44-34(42)28-22(7)26(38-32(28)36-24(9)40)15-27-23(8)29(33(39-27)37-25(10)41)35(43)45-31-20(5)13-17(2)14-21(31)6;/h15-21,30-31H,11-14H2,1-10H3,(H3,36,37,38,39,40,41,42,43);/q;+1/p-1. The van der Waals surface area contributed by atoms with Gasteiger partial charge in [0.05, 0.1) is 11.3 Å². The van der Waals surface area contributed by atoms with E-state index in [1.165, 1.54) is 13.8 Å². The van der Waals surface area contributed by atoms with Crippen LogP contribution in [0.3, 0.4) is 0 Å². The van der Waals surface area contributed by atoms with Crippen molar-refractivity contribution in [3.8, 4) is 0 Å². The second kappa shape index (κ2) is 15.2. The third-order valence-corrected chi connectivity index (χ3v) is 9.51. The molecule has 2 N–H and O–H groups in total. The van der Waals surface area contributed by atoms with E-state index in [0.29, 0.717) is 34.4 Å². The van der Waals surface area contributed by atoms with Crippen LogP contribution in [0.25, 0.3) is 6.08 Å². The molecule has 0 saturated heterocycles. The van der Waals surface area contributed by atoms with Gasteiger partial charge in [-0.15, -0.1) is 0 Å². The average molecular weight is 685 g/mol. The molecule has 4 unspecified atom stereocenters. The van der Waals surface area contributed by atoms with Gasteiger partial charge in [0.25, 0.3) is 0 Å². The molecule has 11 heteroatoms.